The van der Waals surface area contributed by atoms with E-state index in [0.717, 1.165) is 0 Å². The quantitative estimate of drug-likeness (QED) is 0.744. The lowest BCUT2D eigenvalue weighted by Crippen LogP contribution is -2.21. The van der Waals surface area contributed by atoms with Crippen LogP contribution >= 0.6 is 0 Å². The predicted molar refractivity (Wildman–Crippen MR) is 97.9 cm³/mol. The molecule has 0 heterocycles. The first kappa shape index (κ1) is 19.0. The number of Topliss-reactive ketones (excluding diaryl/α,β-unsaturated/α-hetero) is 1. The molecule has 7 nitrogen and oxygen atoms in total. The first-order valence-corrected chi connectivity index (χ1v) is 7.88. The summed E-state index contributed by atoms with van der Waals surface area (Å²) in [5, 5.41) is 5.29. The van der Waals surface area contributed by atoms with E-state index in [1.807, 2.05) is 0 Å². The van der Waals surface area contributed by atoms with E-state index in [1.54, 1.807) is 36.4 Å². The van der Waals surface area contributed by atoms with E-state index in [2.05, 4.69) is 10.6 Å². The minimum atomic E-state index is -0.389. The van der Waals surface area contributed by atoms with E-state index < -0.39 is 0 Å². The highest BCUT2D eigenvalue weighted by atomic mass is 16.5. The lowest BCUT2D eigenvalue weighted by molar-refractivity contribution is -0.118. The van der Waals surface area contributed by atoms with Crippen molar-refractivity contribution in [2.75, 3.05) is 24.4 Å². The molecule has 0 aromatic heterocycles. The third kappa shape index (κ3) is 5.34. The summed E-state index contributed by atoms with van der Waals surface area (Å²) in [4.78, 5) is 34.9. The van der Waals surface area contributed by atoms with Gasteiger partial charge in [-0.15, -0.1) is 0 Å². The van der Waals surface area contributed by atoms with Crippen molar-refractivity contribution < 1.29 is 23.9 Å². The largest absolute Gasteiger partial charge is 0.497 e. The van der Waals surface area contributed by atoms with Gasteiger partial charge in [-0.05, 0) is 37.3 Å². The Morgan fingerprint density at radius 2 is 1.77 bits per heavy atom. The number of hydrogen-bond acceptors (Lipinski definition) is 5. The Bertz CT molecular complexity index is 832. The van der Waals surface area contributed by atoms with Gasteiger partial charge in [0.2, 0.25) is 5.91 Å². The van der Waals surface area contributed by atoms with Crippen molar-refractivity contribution in [2.24, 2.45) is 0 Å². The Morgan fingerprint density at radius 1 is 1.00 bits per heavy atom. The molecular formula is C19H20N2O5. The van der Waals surface area contributed by atoms with Gasteiger partial charge in [0, 0.05) is 24.2 Å². The fourth-order valence-corrected chi connectivity index (χ4v) is 2.19. The summed E-state index contributed by atoms with van der Waals surface area (Å²) in [5.41, 5.74) is 1.37. The summed E-state index contributed by atoms with van der Waals surface area (Å²) >= 11 is 0. The van der Waals surface area contributed by atoms with Crippen molar-refractivity contribution in [3.8, 4) is 11.5 Å². The van der Waals surface area contributed by atoms with Crippen LogP contribution < -0.4 is 20.1 Å². The fourth-order valence-electron chi connectivity index (χ4n) is 2.19. The third-order valence-corrected chi connectivity index (χ3v) is 3.41. The maximum Gasteiger partial charge on any atom is 0.262 e. The van der Waals surface area contributed by atoms with Crippen LogP contribution in [0.2, 0.25) is 0 Å². The second kappa shape index (κ2) is 8.66. The van der Waals surface area contributed by atoms with Crippen molar-refractivity contribution in [2.45, 2.75) is 13.8 Å². The average molecular weight is 356 g/mol. The van der Waals surface area contributed by atoms with Crippen molar-refractivity contribution in [3.05, 3.63) is 48.0 Å². The summed E-state index contributed by atoms with van der Waals surface area (Å²) in [6.07, 6.45) is 0. The summed E-state index contributed by atoms with van der Waals surface area (Å²) in [5.74, 6) is 0.0380. The van der Waals surface area contributed by atoms with Crippen LogP contribution in [0.5, 0.6) is 11.5 Å². The molecule has 7 heteroatoms. The Balaban J connectivity index is 2.08. The molecule has 2 amide bonds. The van der Waals surface area contributed by atoms with Crippen molar-refractivity contribution in [1.29, 1.82) is 0 Å². The van der Waals surface area contributed by atoms with Gasteiger partial charge in [0.25, 0.3) is 5.91 Å². The number of amides is 2. The number of anilines is 2. The number of ketones is 1. The molecule has 0 aliphatic rings. The van der Waals surface area contributed by atoms with Crippen LogP contribution in [-0.4, -0.2) is 31.3 Å². The molecule has 0 atom stereocenters. The number of ether oxygens (including phenoxy) is 2. The Hall–Kier alpha value is -3.35. The van der Waals surface area contributed by atoms with Gasteiger partial charge < -0.3 is 20.1 Å². The molecule has 0 radical (unpaired) electrons. The molecule has 0 aliphatic carbocycles. The van der Waals surface area contributed by atoms with E-state index >= 15 is 0 Å². The van der Waals surface area contributed by atoms with Gasteiger partial charge in [0.05, 0.1) is 12.8 Å². The topological polar surface area (TPSA) is 93.7 Å². The molecule has 0 fully saturated rings. The summed E-state index contributed by atoms with van der Waals surface area (Å²) in [7, 11) is 1.54. The molecule has 26 heavy (non-hydrogen) atoms. The SMILES string of the molecule is COc1cccc(NC(=O)COc2cc(C(C)=O)ccc2NC(C)=O)c1. The molecular weight excluding hydrogens is 336 g/mol. The third-order valence-electron chi connectivity index (χ3n) is 3.41. The molecule has 136 valence electrons. The molecule has 2 rings (SSSR count). The van der Waals surface area contributed by atoms with E-state index in [1.165, 1.54) is 27.0 Å². The number of nitrogens with one attached hydrogen (secondary N) is 2. The van der Waals surface area contributed by atoms with Crippen LogP contribution in [0.3, 0.4) is 0 Å². The second-order valence-electron chi connectivity index (χ2n) is 5.52. The molecule has 0 aliphatic heterocycles. The molecule has 2 aromatic carbocycles. The zero-order chi connectivity index (χ0) is 19.1. The number of hydrogen-bond donors (Lipinski definition) is 2. The maximum atomic E-state index is 12.1. The van der Waals surface area contributed by atoms with Crippen LogP contribution in [0.1, 0.15) is 24.2 Å². The minimum absolute atomic E-state index is 0.148. The van der Waals surface area contributed by atoms with Crippen molar-refractivity contribution in [3.63, 3.8) is 0 Å². The van der Waals surface area contributed by atoms with Gasteiger partial charge in [-0.1, -0.05) is 6.07 Å². The number of carbonyl (C=O) groups is 3. The Labute approximate surface area is 151 Å². The van der Waals surface area contributed by atoms with Crippen LogP contribution in [0.4, 0.5) is 11.4 Å². The first-order chi connectivity index (χ1) is 12.4. The number of rotatable bonds is 7. The summed E-state index contributed by atoms with van der Waals surface area (Å²) in [6, 6.07) is 11.5. The second-order valence-corrected chi connectivity index (χ2v) is 5.52. The van der Waals surface area contributed by atoms with Crippen LogP contribution in [0, 0.1) is 0 Å². The van der Waals surface area contributed by atoms with Gasteiger partial charge in [0.15, 0.2) is 12.4 Å². The Morgan fingerprint density at radius 3 is 2.42 bits per heavy atom. The monoisotopic (exact) mass is 356 g/mol. The van der Waals surface area contributed by atoms with Crippen LogP contribution in [-0.2, 0) is 9.59 Å². The molecule has 0 saturated carbocycles. The number of methoxy groups -OCH3 is 1. The minimum Gasteiger partial charge on any atom is -0.497 e. The fraction of sp³-hybridized carbons (Fsp3) is 0.211. The van der Waals surface area contributed by atoms with E-state index in [0.29, 0.717) is 22.7 Å². The van der Waals surface area contributed by atoms with Crippen LogP contribution in [0.25, 0.3) is 0 Å². The normalized spacial score (nSPS) is 9.96. The highest BCUT2D eigenvalue weighted by molar-refractivity contribution is 5.97. The number of benzene rings is 2. The Kier molecular flexibility index (Phi) is 6.32. The molecule has 2 N–H and O–H groups in total. The predicted octanol–water partition coefficient (Wildman–Crippen LogP) is 2.87. The highest BCUT2D eigenvalue weighted by Crippen LogP contribution is 2.26. The van der Waals surface area contributed by atoms with E-state index in [4.69, 9.17) is 9.47 Å². The van der Waals surface area contributed by atoms with Crippen molar-refractivity contribution >= 4 is 29.0 Å². The molecule has 0 spiro atoms. The zero-order valence-electron chi connectivity index (χ0n) is 14.8. The summed E-state index contributed by atoms with van der Waals surface area (Å²) in [6.45, 7) is 2.50. The van der Waals surface area contributed by atoms with Crippen molar-refractivity contribution in [1.82, 2.24) is 0 Å². The van der Waals surface area contributed by atoms with Gasteiger partial charge in [-0.3, -0.25) is 14.4 Å². The van der Waals surface area contributed by atoms with Gasteiger partial charge >= 0.3 is 0 Å². The average Bonchev–Trinajstić information content (AvgIpc) is 2.60. The lowest BCUT2D eigenvalue weighted by Gasteiger charge is -2.13. The first-order valence-electron chi connectivity index (χ1n) is 7.88. The smallest absolute Gasteiger partial charge is 0.262 e. The molecule has 2 aromatic rings. The van der Waals surface area contributed by atoms with Gasteiger partial charge in [-0.2, -0.15) is 0 Å². The molecule has 0 saturated heterocycles. The zero-order valence-corrected chi connectivity index (χ0v) is 14.8. The number of carbonyl (C=O) groups excluding carboxylic acids is 3. The lowest BCUT2D eigenvalue weighted by atomic mass is 10.1. The van der Waals surface area contributed by atoms with Crippen LogP contribution in [0.15, 0.2) is 42.5 Å². The summed E-state index contributed by atoms with van der Waals surface area (Å²) < 4.78 is 10.6. The van der Waals surface area contributed by atoms with Gasteiger partial charge in [-0.25, -0.2) is 0 Å². The maximum absolute atomic E-state index is 12.1. The molecule has 0 unspecified atom stereocenters. The van der Waals surface area contributed by atoms with E-state index in [9.17, 15) is 14.4 Å². The standard InChI is InChI=1S/C19H20N2O5/c1-12(22)14-7-8-17(20-13(2)23)18(9-14)26-11-19(24)21-15-5-4-6-16(10-15)25-3/h4-10H,11H2,1-3H3,(H,20,23)(H,21,24). The highest BCUT2D eigenvalue weighted by Gasteiger charge is 2.11. The molecule has 0 bridgehead atoms. The van der Waals surface area contributed by atoms with E-state index in [-0.39, 0.29) is 30.0 Å². The van der Waals surface area contributed by atoms with Gasteiger partial charge in [0.1, 0.15) is 11.5 Å².